The zero-order chi connectivity index (χ0) is 27.2. The fourth-order valence-electron chi connectivity index (χ4n) is 5.36. The van der Waals surface area contributed by atoms with Crippen molar-refractivity contribution in [3.8, 4) is 5.75 Å². The minimum atomic E-state index is -0.294. The van der Waals surface area contributed by atoms with Gasteiger partial charge in [-0.1, -0.05) is 42.5 Å². The van der Waals surface area contributed by atoms with E-state index in [1.165, 1.54) is 4.68 Å². The lowest BCUT2D eigenvalue weighted by molar-refractivity contribution is -0.121. The molecule has 2 unspecified atom stereocenters. The molecule has 39 heavy (non-hydrogen) atoms. The van der Waals surface area contributed by atoms with E-state index in [0.29, 0.717) is 29.5 Å². The highest BCUT2D eigenvalue weighted by Gasteiger charge is 2.25. The largest absolute Gasteiger partial charge is 0.486 e. The standard InChI is InChI=1S/C31H34N4O4/c1-21-28-9-5-6-10-29(28)31(38)35(34-21)19-30(37)33-23-13-11-22(12-14-23)17-24-15-16-25(32-24)18-26(36)20-39-27-7-3-2-4-8-27/h2-4,6-8,10-14,24-25,32H,5,9,15-20H2,1H3,(H,33,37). The summed E-state index contributed by atoms with van der Waals surface area (Å²) in [4.78, 5) is 37.8. The summed E-state index contributed by atoms with van der Waals surface area (Å²) in [6.07, 6.45) is 8.80. The van der Waals surface area contributed by atoms with E-state index < -0.39 is 0 Å². The summed E-state index contributed by atoms with van der Waals surface area (Å²) >= 11 is 0. The number of amides is 1. The quantitative estimate of drug-likeness (QED) is 0.416. The Kier molecular flexibility index (Phi) is 8.32. The summed E-state index contributed by atoms with van der Waals surface area (Å²) in [6.45, 7) is 1.84. The molecule has 1 aliphatic heterocycles. The first-order chi connectivity index (χ1) is 18.9. The molecule has 1 aromatic heterocycles. The third-order valence-electron chi connectivity index (χ3n) is 7.31. The van der Waals surface area contributed by atoms with Gasteiger partial charge in [0.25, 0.3) is 5.56 Å². The van der Waals surface area contributed by atoms with Gasteiger partial charge in [0.1, 0.15) is 18.9 Å². The first-order valence-electron chi connectivity index (χ1n) is 13.6. The number of ether oxygens (including phenoxy) is 1. The summed E-state index contributed by atoms with van der Waals surface area (Å²) < 4.78 is 6.82. The molecule has 2 N–H and O–H groups in total. The number of ketones is 1. The minimum absolute atomic E-state index is 0.0911. The normalized spacial score (nSPS) is 18.0. The van der Waals surface area contributed by atoms with E-state index in [-0.39, 0.29) is 36.4 Å². The number of aryl methyl sites for hydroxylation is 1. The van der Waals surface area contributed by atoms with E-state index in [1.54, 1.807) is 0 Å². The first kappa shape index (κ1) is 26.6. The van der Waals surface area contributed by atoms with Crippen LogP contribution in [0.5, 0.6) is 5.75 Å². The number of anilines is 1. The fraction of sp³-hybridized carbons (Fsp3) is 0.355. The van der Waals surface area contributed by atoms with E-state index in [4.69, 9.17) is 4.74 Å². The number of benzene rings is 2. The Morgan fingerprint density at radius 1 is 1.08 bits per heavy atom. The van der Waals surface area contributed by atoms with Gasteiger partial charge in [-0.3, -0.25) is 14.4 Å². The van der Waals surface area contributed by atoms with E-state index in [1.807, 2.05) is 73.7 Å². The zero-order valence-corrected chi connectivity index (χ0v) is 22.2. The molecule has 3 aromatic rings. The predicted octanol–water partition coefficient (Wildman–Crippen LogP) is 3.85. The van der Waals surface area contributed by atoms with Gasteiger partial charge in [0.15, 0.2) is 5.78 Å². The maximum absolute atomic E-state index is 12.8. The number of carbonyl (C=O) groups excluding carboxylic acids is 2. The summed E-state index contributed by atoms with van der Waals surface area (Å²) in [5.74, 6) is 0.508. The Labute approximate surface area is 228 Å². The van der Waals surface area contributed by atoms with E-state index >= 15 is 0 Å². The molecule has 8 nitrogen and oxygen atoms in total. The second kappa shape index (κ2) is 12.2. The molecule has 2 atom stereocenters. The molecule has 0 spiro atoms. The van der Waals surface area contributed by atoms with Crippen LogP contribution in [-0.4, -0.2) is 40.2 Å². The molecule has 0 saturated carbocycles. The Morgan fingerprint density at radius 2 is 1.85 bits per heavy atom. The number of nitrogens with one attached hydrogen (secondary N) is 2. The fourth-order valence-corrected chi connectivity index (χ4v) is 5.36. The van der Waals surface area contributed by atoms with Crippen LogP contribution in [0.3, 0.4) is 0 Å². The molecular formula is C31H34N4O4. The van der Waals surface area contributed by atoms with Crippen molar-refractivity contribution in [3.05, 3.63) is 93.4 Å². The molecular weight excluding hydrogens is 492 g/mol. The predicted molar refractivity (Wildman–Crippen MR) is 151 cm³/mol. The van der Waals surface area contributed by atoms with Crippen molar-refractivity contribution in [2.24, 2.45) is 0 Å². The number of hydrogen-bond acceptors (Lipinski definition) is 6. The van der Waals surface area contributed by atoms with Crippen molar-refractivity contribution < 1.29 is 14.3 Å². The van der Waals surface area contributed by atoms with Crippen molar-refractivity contribution in [1.82, 2.24) is 15.1 Å². The van der Waals surface area contributed by atoms with Gasteiger partial charge in [0.2, 0.25) is 5.91 Å². The number of rotatable bonds is 10. The molecule has 8 heteroatoms. The number of carbonyl (C=O) groups is 2. The van der Waals surface area contributed by atoms with Crippen molar-refractivity contribution in [2.45, 2.75) is 64.1 Å². The second-order valence-electron chi connectivity index (χ2n) is 10.3. The third kappa shape index (κ3) is 6.89. The zero-order valence-electron chi connectivity index (χ0n) is 22.2. The van der Waals surface area contributed by atoms with Gasteiger partial charge in [0.05, 0.1) is 5.69 Å². The molecule has 202 valence electrons. The van der Waals surface area contributed by atoms with Crippen LogP contribution in [0.1, 0.15) is 48.1 Å². The number of para-hydroxylation sites is 1. The Hall–Kier alpha value is -4.04. The highest BCUT2D eigenvalue weighted by atomic mass is 16.5. The average Bonchev–Trinajstić information content (AvgIpc) is 3.38. The molecule has 1 amide bonds. The minimum Gasteiger partial charge on any atom is -0.486 e. The summed E-state index contributed by atoms with van der Waals surface area (Å²) in [7, 11) is 0. The van der Waals surface area contributed by atoms with Gasteiger partial charge in [0, 0.05) is 29.8 Å². The van der Waals surface area contributed by atoms with Crippen LogP contribution in [0.2, 0.25) is 0 Å². The number of hydrogen-bond donors (Lipinski definition) is 2. The van der Waals surface area contributed by atoms with E-state index in [2.05, 4.69) is 15.7 Å². The van der Waals surface area contributed by atoms with Crippen LogP contribution in [0.15, 0.2) is 65.5 Å². The van der Waals surface area contributed by atoms with Crippen LogP contribution in [0.25, 0.3) is 6.08 Å². The summed E-state index contributed by atoms with van der Waals surface area (Å²) in [5, 5.41) is 10.8. The Bertz CT molecular complexity index is 1410. The molecule has 0 radical (unpaired) electrons. The van der Waals surface area contributed by atoms with Gasteiger partial charge >= 0.3 is 0 Å². The maximum atomic E-state index is 12.8. The van der Waals surface area contributed by atoms with Gasteiger partial charge in [-0.25, -0.2) is 4.68 Å². The molecule has 1 aliphatic carbocycles. The Balaban J connectivity index is 1.08. The lowest BCUT2D eigenvalue weighted by Gasteiger charge is -2.15. The monoisotopic (exact) mass is 526 g/mol. The van der Waals surface area contributed by atoms with Gasteiger partial charge < -0.3 is 15.4 Å². The molecule has 1 fully saturated rings. The van der Waals surface area contributed by atoms with Gasteiger partial charge in [-0.15, -0.1) is 0 Å². The van der Waals surface area contributed by atoms with Crippen LogP contribution in [0, 0.1) is 6.92 Å². The van der Waals surface area contributed by atoms with Crippen molar-refractivity contribution >= 4 is 23.5 Å². The lowest BCUT2D eigenvalue weighted by atomic mass is 9.98. The SMILES string of the molecule is Cc1nn(CC(=O)Nc2ccc(CC3CCC(CC(=O)COc4ccccc4)N3)cc2)c(=O)c2c1CCC=C2. The first-order valence-corrected chi connectivity index (χ1v) is 13.6. The molecule has 2 aromatic carbocycles. The topological polar surface area (TPSA) is 102 Å². The molecule has 2 heterocycles. The number of fused-ring (bicyclic) bond motifs is 1. The molecule has 5 rings (SSSR count). The third-order valence-corrected chi connectivity index (χ3v) is 7.31. The number of Topliss-reactive ketones (excluding diaryl/α,β-unsaturated/α-hetero) is 1. The summed E-state index contributed by atoms with van der Waals surface area (Å²) in [5.41, 5.74) is 4.00. The highest BCUT2D eigenvalue weighted by Crippen LogP contribution is 2.21. The Morgan fingerprint density at radius 3 is 2.64 bits per heavy atom. The average molecular weight is 527 g/mol. The van der Waals surface area contributed by atoms with Crippen LogP contribution in [-0.2, 0) is 29.0 Å². The van der Waals surface area contributed by atoms with E-state index in [0.717, 1.165) is 48.9 Å². The number of allylic oxidation sites excluding steroid dienone is 1. The van der Waals surface area contributed by atoms with Crippen LogP contribution in [0.4, 0.5) is 5.69 Å². The van der Waals surface area contributed by atoms with Crippen molar-refractivity contribution in [2.75, 3.05) is 11.9 Å². The molecule has 1 saturated heterocycles. The molecule has 2 aliphatic rings. The van der Waals surface area contributed by atoms with E-state index in [9.17, 15) is 14.4 Å². The number of nitrogens with zero attached hydrogens (tertiary/aromatic N) is 2. The van der Waals surface area contributed by atoms with Crippen molar-refractivity contribution in [1.29, 1.82) is 0 Å². The number of aromatic nitrogens is 2. The smallest absolute Gasteiger partial charge is 0.274 e. The molecule has 0 bridgehead atoms. The lowest BCUT2D eigenvalue weighted by Crippen LogP contribution is -2.33. The second-order valence-corrected chi connectivity index (χ2v) is 10.3. The maximum Gasteiger partial charge on any atom is 0.274 e. The van der Waals surface area contributed by atoms with Gasteiger partial charge in [-0.2, -0.15) is 5.10 Å². The highest BCUT2D eigenvalue weighted by molar-refractivity contribution is 5.90. The van der Waals surface area contributed by atoms with Crippen molar-refractivity contribution in [3.63, 3.8) is 0 Å². The van der Waals surface area contributed by atoms with Crippen LogP contribution >= 0.6 is 0 Å². The summed E-state index contributed by atoms with van der Waals surface area (Å²) in [6, 6.07) is 17.6. The van der Waals surface area contributed by atoms with Gasteiger partial charge in [-0.05, 0) is 74.4 Å². The van der Waals surface area contributed by atoms with Crippen LogP contribution < -0.4 is 20.9 Å².